The monoisotopic (exact) mass is 557 g/mol. The van der Waals surface area contributed by atoms with E-state index >= 15 is 0 Å². The quantitative estimate of drug-likeness (QED) is 0.482. The van der Waals surface area contributed by atoms with Crippen molar-refractivity contribution in [2.24, 2.45) is 0 Å². The number of nitrogens with zero attached hydrogens (tertiary/aromatic N) is 3. The second-order valence-electron chi connectivity index (χ2n) is 10.5. The normalized spacial score (nSPS) is 16.1. The zero-order valence-corrected chi connectivity index (χ0v) is 23.2. The van der Waals surface area contributed by atoms with Crippen molar-refractivity contribution in [3.8, 4) is 0 Å². The minimum Gasteiger partial charge on any atom is -0.368 e. The van der Waals surface area contributed by atoms with Gasteiger partial charge in [-0.2, -0.15) is 0 Å². The lowest BCUT2D eigenvalue weighted by Gasteiger charge is -2.27. The van der Waals surface area contributed by atoms with Crippen LogP contribution in [0.3, 0.4) is 0 Å². The van der Waals surface area contributed by atoms with Crippen molar-refractivity contribution in [1.29, 1.82) is 0 Å². The summed E-state index contributed by atoms with van der Waals surface area (Å²) in [6.45, 7) is 5.26. The summed E-state index contributed by atoms with van der Waals surface area (Å²) in [5, 5.41) is 6.40. The Balaban J connectivity index is 1.36. The maximum atomic E-state index is 13.4. The Morgan fingerprint density at radius 1 is 0.732 bits per heavy atom. The van der Waals surface area contributed by atoms with Gasteiger partial charge in [0.1, 0.15) is 5.82 Å². The second-order valence-corrected chi connectivity index (χ2v) is 10.5. The van der Waals surface area contributed by atoms with E-state index < -0.39 is 0 Å². The molecule has 41 heavy (non-hydrogen) atoms. The maximum absolute atomic E-state index is 13.4. The molecule has 2 N–H and O–H groups in total. The largest absolute Gasteiger partial charge is 0.368 e. The van der Waals surface area contributed by atoms with Gasteiger partial charge in [-0.3, -0.25) is 14.4 Å². The van der Waals surface area contributed by atoms with Crippen LogP contribution in [0.1, 0.15) is 39.1 Å². The number of hydrogen-bond acceptors (Lipinski definition) is 5. The van der Waals surface area contributed by atoms with Crippen molar-refractivity contribution in [2.45, 2.75) is 19.3 Å². The van der Waals surface area contributed by atoms with Gasteiger partial charge >= 0.3 is 0 Å². The first-order valence-corrected chi connectivity index (χ1v) is 14.3. The smallest absolute Gasteiger partial charge is 0.253 e. The number of carbonyl (C=O) groups excluding carboxylic acids is 3. The average molecular weight is 558 g/mol. The molecular formula is C32H36FN5O3. The predicted molar refractivity (Wildman–Crippen MR) is 158 cm³/mol. The number of hydrogen-bond donors (Lipinski definition) is 2. The summed E-state index contributed by atoms with van der Waals surface area (Å²) >= 11 is 0. The van der Waals surface area contributed by atoms with E-state index in [2.05, 4.69) is 15.5 Å². The van der Waals surface area contributed by atoms with Crippen molar-refractivity contribution in [2.75, 3.05) is 62.6 Å². The highest BCUT2D eigenvalue weighted by atomic mass is 19.1. The molecule has 0 aromatic heterocycles. The number of rotatable bonds is 6. The van der Waals surface area contributed by atoms with E-state index in [9.17, 15) is 18.8 Å². The SMILES string of the molecule is O=C(Cc1ccccc1)Nc1cc(C(=O)N2CCCNCC2)ccc1N1CCCN(C(=O)c2ccc(F)cc2)CC1. The highest BCUT2D eigenvalue weighted by Crippen LogP contribution is 2.29. The molecule has 3 aromatic rings. The Bertz CT molecular complexity index is 1360. The van der Waals surface area contributed by atoms with Crippen LogP contribution in [0.4, 0.5) is 15.8 Å². The summed E-state index contributed by atoms with van der Waals surface area (Å²) < 4.78 is 13.4. The molecule has 0 saturated carbocycles. The third-order valence-electron chi connectivity index (χ3n) is 7.57. The molecule has 2 aliphatic rings. The van der Waals surface area contributed by atoms with Crippen LogP contribution in [0, 0.1) is 5.82 Å². The number of anilines is 2. The van der Waals surface area contributed by atoms with Crippen molar-refractivity contribution in [3.05, 3.63) is 95.3 Å². The van der Waals surface area contributed by atoms with Crippen molar-refractivity contribution in [3.63, 3.8) is 0 Å². The van der Waals surface area contributed by atoms with E-state index in [1.807, 2.05) is 47.4 Å². The third-order valence-corrected chi connectivity index (χ3v) is 7.57. The van der Waals surface area contributed by atoms with E-state index in [-0.39, 0.29) is 30.0 Å². The minimum absolute atomic E-state index is 0.0502. The number of amides is 3. The highest BCUT2D eigenvalue weighted by molar-refractivity contribution is 6.00. The van der Waals surface area contributed by atoms with Crippen LogP contribution in [-0.4, -0.2) is 79.9 Å². The zero-order valence-electron chi connectivity index (χ0n) is 23.2. The molecule has 2 saturated heterocycles. The van der Waals surface area contributed by atoms with Crippen LogP contribution in [0.2, 0.25) is 0 Å². The first-order chi connectivity index (χ1) is 20.0. The van der Waals surface area contributed by atoms with Crippen LogP contribution in [-0.2, 0) is 11.2 Å². The van der Waals surface area contributed by atoms with Crippen molar-refractivity contribution < 1.29 is 18.8 Å². The van der Waals surface area contributed by atoms with Gasteiger partial charge in [0.05, 0.1) is 17.8 Å². The number of benzene rings is 3. The number of halogens is 1. The molecule has 3 amide bonds. The van der Waals surface area contributed by atoms with Gasteiger partial charge in [-0.05, 0) is 67.4 Å². The molecule has 2 fully saturated rings. The molecule has 2 heterocycles. The summed E-state index contributed by atoms with van der Waals surface area (Å²) in [7, 11) is 0. The molecule has 0 radical (unpaired) electrons. The van der Waals surface area contributed by atoms with E-state index in [0.29, 0.717) is 56.1 Å². The van der Waals surface area contributed by atoms with E-state index in [4.69, 9.17) is 0 Å². The molecular weight excluding hydrogens is 521 g/mol. The molecule has 0 unspecified atom stereocenters. The fourth-order valence-electron chi connectivity index (χ4n) is 5.39. The maximum Gasteiger partial charge on any atom is 0.253 e. The number of nitrogens with one attached hydrogen (secondary N) is 2. The Labute approximate surface area is 240 Å². The molecule has 2 aliphatic heterocycles. The molecule has 9 heteroatoms. The molecule has 0 bridgehead atoms. The van der Waals surface area contributed by atoms with Crippen molar-refractivity contribution >= 4 is 29.1 Å². The molecule has 214 valence electrons. The van der Waals surface area contributed by atoms with Gasteiger partial charge in [-0.1, -0.05) is 30.3 Å². The average Bonchev–Trinajstić information content (AvgIpc) is 3.41. The summed E-state index contributed by atoms with van der Waals surface area (Å²) in [4.78, 5) is 45.4. The van der Waals surface area contributed by atoms with Crippen LogP contribution in [0.15, 0.2) is 72.8 Å². The summed E-state index contributed by atoms with van der Waals surface area (Å²) in [6, 6.07) is 20.7. The van der Waals surface area contributed by atoms with Crippen LogP contribution >= 0.6 is 0 Å². The van der Waals surface area contributed by atoms with Gasteiger partial charge < -0.3 is 25.3 Å². The topological polar surface area (TPSA) is 85.0 Å². The van der Waals surface area contributed by atoms with Crippen molar-refractivity contribution in [1.82, 2.24) is 15.1 Å². The molecule has 3 aromatic carbocycles. The summed E-state index contributed by atoms with van der Waals surface area (Å²) in [6.07, 6.45) is 1.84. The van der Waals surface area contributed by atoms with Gasteiger partial charge in [0.15, 0.2) is 0 Å². The van der Waals surface area contributed by atoms with E-state index in [0.717, 1.165) is 37.2 Å². The fourth-order valence-corrected chi connectivity index (χ4v) is 5.39. The zero-order chi connectivity index (χ0) is 28.6. The Hall–Kier alpha value is -4.24. The third kappa shape index (κ3) is 7.29. The number of carbonyl (C=O) groups is 3. The van der Waals surface area contributed by atoms with Gasteiger partial charge in [-0.25, -0.2) is 4.39 Å². The first kappa shape index (κ1) is 28.3. The molecule has 0 aliphatic carbocycles. The standard InChI is InChI=1S/C32H36FN5O3/c33-27-11-8-25(9-12-27)31(40)38-18-5-17-36(20-21-38)29-13-10-26(32(41)37-16-4-14-34-15-19-37)23-28(29)35-30(39)22-24-6-2-1-3-7-24/h1-3,6-13,23,34H,4-5,14-22H2,(H,35,39). The summed E-state index contributed by atoms with van der Waals surface area (Å²) in [5.41, 5.74) is 3.30. The lowest BCUT2D eigenvalue weighted by molar-refractivity contribution is -0.115. The lowest BCUT2D eigenvalue weighted by atomic mass is 10.1. The van der Waals surface area contributed by atoms with E-state index in [1.54, 1.807) is 11.0 Å². The van der Waals surface area contributed by atoms with E-state index in [1.165, 1.54) is 24.3 Å². The summed E-state index contributed by atoms with van der Waals surface area (Å²) in [5.74, 6) is -0.717. The van der Waals surface area contributed by atoms with Gasteiger partial charge in [0.2, 0.25) is 5.91 Å². The Morgan fingerprint density at radius 2 is 1.44 bits per heavy atom. The van der Waals surface area contributed by atoms with Crippen LogP contribution in [0.5, 0.6) is 0 Å². The van der Waals surface area contributed by atoms with Crippen LogP contribution in [0.25, 0.3) is 0 Å². The Morgan fingerprint density at radius 3 is 2.24 bits per heavy atom. The molecule has 8 nitrogen and oxygen atoms in total. The first-order valence-electron chi connectivity index (χ1n) is 14.3. The fraction of sp³-hybridized carbons (Fsp3) is 0.344. The highest BCUT2D eigenvalue weighted by Gasteiger charge is 2.24. The lowest BCUT2D eigenvalue weighted by Crippen LogP contribution is -2.35. The Kier molecular flexibility index (Phi) is 9.26. The predicted octanol–water partition coefficient (Wildman–Crippen LogP) is 3.79. The van der Waals surface area contributed by atoms with Gasteiger partial charge in [-0.15, -0.1) is 0 Å². The van der Waals surface area contributed by atoms with Gasteiger partial charge in [0, 0.05) is 56.9 Å². The molecule has 5 rings (SSSR count). The van der Waals surface area contributed by atoms with Crippen LogP contribution < -0.4 is 15.5 Å². The van der Waals surface area contributed by atoms with Gasteiger partial charge in [0.25, 0.3) is 11.8 Å². The second kappa shape index (κ2) is 13.4. The molecule has 0 atom stereocenters. The minimum atomic E-state index is -0.375. The molecule has 0 spiro atoms.